The normalized spacial score (nSPS) is 23.4. The molecule has 1 N–H and O–H groups in total. The van der Waals surface area contributed by atoms with Crippen LogP contribution in [-0.4, -0.2) is 24.5 Å². The first-order valence-electron chi connectivity index (χ1n) is 7.94. The van der Waals surface area contributed by atoms with E-state index in [4.69, 9.17) is 13.0 Å². The highest BCUT2D eigenvalue weighted by atomic mass is 32.2. The van der Waals surface area contributed by atoms with Gasteiger partial charge in [0.05, 0.1) is 0 Å². The van der Waals surface area contributed by atoms with Gasteiger partial charge in [0.15, 0.2) is 0 Å². The lowest BCUT2D eigenvalue weighted by Crippen LogP contribution is -2.32. The monoisotopic (exact) mass is 426 g/mol. The molecule has 0 aliphatic heterocycles. The van der Waals surface area contributed by atoms with Crippen molar-refractivity contribution in [2.24, 2.45) is 5.92 Å². The molecule has 0 saturated heterocycles. The van der Waals surface area contributed by atoms with Crippen LogP contribution in [0.4, 0.5) is 17.6 Å². The van der Waals surface area contributed by atoms with Crippen molar-refractivity contribution in [2.75, 3.05) is 6.01 Å². The molecule has 2 unspecified atom stereocenters. The molecule has 1 aliphatic carbocycles. The summed E-state index contributed by atoms with van der Waals surface area (Å²) in [7, 11) is -5.84. The van der Waals surface area contributed by atoms with E-state index >= 15 is 0 Å². The van der Waals surface area contributed by atoms with Crippen molar-refractivity contribution in [1.82, 2.24) is 0 Å². The molecule has 9 heteroatoms. The molecule has 0 heterocycles. The number of hydrogen-bond acceptors (Lipinski definition) is 3. The molecule has 0 amide bonds. The Morgan fingerprint density at radius 1 is 1.19 bits per heavy atom. The number of halogens is 4. The number of rotatable bonds is 3. The highest BCUT2D eigenvalue weighted by Gasteiger charge is 2.44. The van der Waals surface area contributed by atoms with E-state index in [1.165, 1.54) is 28.5 Å². The van der Waals surface area contributed by atoms with Crippen molar-refractivity contribution in [3.05, 3.63) is 58.0 Å². The molecule has 1 aromatic carbocycles. The molecule has 0 bridgehead atoms. The van der Waals surface area contributed by atoms with E-state index in [9.17, 15) is 17.6 Å². The van der Waals surface area contributed by atoms with Crippen LogP contribution >= 0.6 is 11.8 Å². The lowest BCUT2D eigenvalue weighted by atomic mass is 9.66. The first kappa shape index (κ1) is 23.7. The molecule has 27 heavy (non-hydrogen) atoms. The van der Waals surface area contributed by atoms with Gasteiger partial charge in [0.2, 0.25) is 0 Å². The summed E-state index contributed by atoms with van der Waals surface area (Å²) in [5, 5.41) is 0. The van der Waals surface area contributed by atoms with E-state index in [1.54, 1.807) is 0 Å². The summed E-state index contributed by atoms with van der Waals surface area (Å²) in [4.78, 5) is 1.09. The van der Waals surface area contributed by atoms with E-state index in [1.807, 2.05) is 6.07 Å². The SMILES string of the molecule is CC1=C(C)C(C)C(C)(c2ccccc2)C=C1SCF.O=S(=O)(O)C(F)(F)F. The van der Waals surface area contributed by atoms with Gasteiger partial charge in [-0.3, -0.25) is 4.55 Å². The second kappa shape index (κ2) is 8.79. The van der Waals surface area contributed by atoms with Crippen molar-refractivity contribution in [2.45, 2.75) is 38.6 Å². The highest BCUT2D eigenvalue weighted by Crippen LogP contribution is 2.46. The first-order chi connectivity index (χ1) is 12.3. The molecular formula is C18H22F4O3S2. The zero-order valence-electron chi connectivity index (χ0n) is 15.3. The van der Waals surface area contributed by atoms with E-state index in [-0.39, 0.29) is 11.4 Å². The summed E-state index contributed by atoms with van der Waals surface area (Å²) < 4.78 is 70.3. The number of benzene rings is 1. The van der Waals surface area contributed by atoms with Gasteiger partial charge in [-0.05, 0) is 30.9 Å². The average Bonchev–Trinajstić information content (AvgIpc) is 2.57. The van der Waals surface area contributed by atoms with Gasteiger partial charge < -0.3 is 0 Å². The zero-order valence-corrected chi connectivity index (χ0v) is 17.0. The first-order valence-corrected chi connectivity index (χ1v) is 10.4. The van der Waals surface area contributed by atoms with Gasteiger partial charge in [0.1, 0.15) is 6.01 Å². The zero-order chi connectivity index (χ0) is 21.0. The van der Waals surface area contributed by atoms with Crippen LogP contribution in [0.2, 0.25) is 0 Å². The lowest BCUT2D eigenvalue weighted by Gasteiger charge is -2.39. The topological polar surface area (TPSA) is 54.4 Å². The third-order valence-electron chi connectivity index (χ3n) is 4.84. The maximum Gasteiger partial charge on any atom is 0.522 e. The van der Waals surface area contributed by atoms with Crippen molar-refractivity contribution >= 4 is 21.9 Å². The van der Waals surface area contributed by atoms with Crippen LogP contribution in [-0.2, 0) is 15.5 Å². The summed E-state index contributed by atoms with van der Waals surface area (Å²) in [6.07, 6.45) is 2.25. The third kappa shape index (κ3) is 5.58. The molecular weight excluding hydrogens is 404 g/mol. The van der Waals surface area contributed by atoms with Crippen molar-refractivity contribution in [3.8, 4) is 0 Å². The molecule has 0 aromatic heterocycles. The predicted molar refractivity (Wildman–Crippen MR) is 101 cm³/mol. The molecule has 1 aromatic rings. The van der Waals surface area contributed by atoms with Gasteiger partial charge in [-0.2, -0.15) is 21.6 Å². The summed E-state index contributed by atoms with van der Waals surface area (Å²) >= 11 is 1.30. The third-order valence-corrected chi connectivity index (χ3v) is 6.27. The van der Waals surface area contributed by atoms with Crippen LogP contribution in [0.25, 0.3) is 0 Å². The Labute approximate surface area is 161 Å². The lowest BCUT2D eigenvalue weighted by molar-refractivity contribution is -0.0510. The Morgan fingerprint density at radius 3 is 2.07 bits per heavy atom. The molecule has 2 atom stereocenters. The minimum atomic E-state index is -5.84. The Morgan fingerprint density at radius 2 is 1.67 bits per heavy atom. The fourth-order valence-electron chi connectivity index (χ4n) is 2.81. The van der Waals surface area contributed by atoms with E-state index in [2.05, 4.69) is 58.0 Å². The number of allylic oxidation sites excluding steroid dienone is 3. The second-order valence-corrected chi connectivity index (χ2v) is 8.72. The van der Waals surface area contributed by atoms with Gasteiger partial charge >= 0.3 is 15.6 Å². The largest absolute Gasteiger partial charge is 0.522 e. The second-order valence-electron chi connectivity index (χ2n) is 6.36. The molecule has 1 aliphatic rings. The molecule has 0 spiro atoms. The van der Waals surface area contributed by atoms with Crippen molar-refractivity contribution < 1.29 is 30.5 Å². The van der Waals surface area contributed by atoms with Crippen LogP contribution in [0.5, 0.6) is 0 Å². The summed E-state index contributed by atoms with van der Waals surface area (Å²) in [6.45, 7) is 8.79. The van der Waals surface area contributed by atoms with Crippen LogP contribution in [0.15, 0.2) is 52.5 Å². The Hall–Kier alpha value is -1.32. The Bertz CT molecular complexity index is 815. The van der Waals surface area contributed by atoms with Gasteiger partial charge in [-0.25, -0.2) is 4.39 Å². The Kier molecular flexibility index (Phi) is 7.72. The fourth-order valence-corrected chi connectivity index (χ4v) is 3.64. The number of alkyl halides is 4. The molecule has 0 radical (unpaired) electrons. The van der Waals surface area contributed by atoms with Gasteiger partial charge in [-0.15, -0.1) is 0 Å². The maximum absolute atomic E-state index is 12.7. The minimum absolute atomic E-state index is 0.0532. The van der Waals surface area contributed by atoms with Crippen LogP contribution < -0.4 is 0 Å². The molecule has 2 rings (SSSR count). The molecule has 152 valence electrons. The summed E-state index contributed by atoms with van der Waals surface area (Å²) in [5.74, 6) is 0.430. The van der Waals surface area contributed by atoms with E-state index in [0.717, 1.165) is 4.91 Å². The van der Waals surface area contributed by atoms with Gasteiger partial charge in [-0.1, -0.05) is 67.6 Å². The van der Waals surface area contributed by atoms with Crippen LogP contribution in [0.1, 0.15) is 33.3 Å². The quantitative estimate of drug-likeness (QED) is 0.373. The molecule has 3 nitrogen and oxygen atoms in total. The number of thioether (sulfide) groups is 1. The Balaban J connectivity index is 0.000000387. The van der Waals surface area contributed by atoms with E-state index in [0.29, 0.717) is 5.92 Å². The maximum atomic E-state index is 12.7. The fraction of sp³-hybridized carbons (Fsp3) is 0.444. The molecule has 0 saturated carbocycles. The number of hydrogen-bond donors (Lipinski definition) is 1. The molecule has 0 fully saturated rings. The average molecular weight is 426 g/mol. The van der Waals surface area contributed by atoms with Gasteiger partial charge in [0, 0.05) is 10.3 Å². The smallest absolute Gasteiger partial charge is 0.279 e. The highest BCUT2D eigenvalue weighted by molar-refractivity contribution is 8.03. The van der Waals surface area contributed by atoms with Crippen molar-refractivity contribution in [1.29, 1.82) is 0 Å². The van der Waals surface area contributed by atoms with E-state index < -0.39 is 15.6 Å². The summed E-state index contributed by atoms with van der Waals surface area (Å²) in [6, 6.07) is 10.1. The van der Waals surface area contributed by atoms with Gasteiger partial charge in [0.25, 0.3) is 0 Å². The van der Waals surface area contributed by atoms with Crippen LogP contribution in [0.3, 0.4) is 0 Å². The predicted octanol–water partition coefficient (Wildman–Crippen LogP) is 5.87. The summed E-state index contributed by atoms with van der Waals surface area (Å²) in [5.41, 5.74) is -1.69. The van der Waals surface area contributed by atoms with Crippen LogP contribution in [0, 0.1) is 5.92 Å². The minimum Gasteiger partial charge on any atom is -0.279 e. The standard InChI is InChI=1S/C17H21FS.CHF3O3S/c1-12-13(2)16(19-11-18)10-17(4,14(12)3)15-8-6-5-7-9-15;2-1(3,4)8(5,6)7/h5-10,14H,11H2,1-4H3;(H,5,6,7). The van der Waals surface area contributed by atoms with Crippen molar-refractivity contribution in [3.63, 3.8) is 0 Å².